The van der Waals surface area contributed by atoms with Gasteiger partial charge in [0, 0.05) is 57.6 Å². The summed E-state index contributed by atoms with van der Waals surface area (Å²) in [5.74, 6) is 2.13. The summed E-state index contributed by atoms with van der Waals surface area (Å²) in [5.41, 5.74) is 1.45. The number of aromatic nitrogens is 2. The van der Waals surface area contributed by atoms with E-state index in [0.717, 1.165) is 12.3 Å². The fraction of sp³-hybridized carbons (Fsp3) is 0.800. The highest BCUT2D eigenvalue weighted by molar-refractivity contribution is 5.09. The van der Waals surface area contributed by atoms with Gasteiger partial charge in [-0.3, -0.25) is 0 Å². The summed E-state index contributed by atoms with van der Waals surface area (Å²) >= 11 is 0. The van der Waals surface area contributed by atoms with Gasteiger partial charge >= 0.3 is 0 Å². The lowest BCUT2D eigenvalue weighted by Gasteiger charge is -2.32. The first kappa shape index (κ1) is 13.1. The Bertz CT molecular complexity index is 418. The van der Waals surface area contributed by atoms with Crippen molar-refractivity contribution in [1.82, 2.24) is 19.4 Å². The van der Waals surface area contributed by atoms with Crippen LogP contribution in [0.4, 0.5) is 0 Å². The highest BCUT2D eigenvalue weighted by atomic mass is 15.2. The third-order valence-electron chi connectivity index (χ3n) is 4.67. The normalized spacial score (nSPS) is 25.5. The molecule has 1 atom stereocenters. The summed E-state index contributed by atoms with van der Waals surface area (Å²) in [7, 11) is 2.21. The SMILES string of the molecule is CC1CCn2c(cnc2CCN2CCN(C)CC2)C1. The topological polar surface area (TPSA) is 24.3 Å². The molecule has 4 nitrogen and oxygen atoms in total. The van der Waals surface area contributed by atoms with Crippen molar-refractivity contribution >= 4 is 0 Å². The third-order valence-corrected chi connectivity index (χ3v) is 4.67. The fourth-order valence-electron chi connectivity index (χ4n) is 3.23. The Hall–Kier alpha value is -0.870. The van der Waals surface area contributed by atoms with Crippen LogP contribution in [0.15, 0.2) is 6.20 Å². The molecule has 0 aliphatic carbocycles. The van der Waals surface area contributed by atoms with Crippen molar-refractivity contribution in [2.24, 2.45) is 5.92 Å². The molecule has 0 N–H and O–H groups in total. The van der Waals surface area contributed by atoms with Crippen LogP contribution in [0, 0.1) is 5.92 Å². The van der Waals surface area contributed by atoms with Crippen LogP contribution in [-0.2, 0) is 19.4 Å². The minimum atomic E-state index is 0.828. The summed E-state index contributed by atoms with van der Waals surface area (Å²) < 4.78 is 2.47. The fourth-order valence-corrected chi connectivity index (χ4v) is 3.23. The lowest BCUT2D eigenvalue weighted by molar-refractivity contribution is 0.154. The van der Waals surface area contributed by atoms with Crippen molar-refractivity contribution in [3.63, 3.8) is 0 Å². The molecule has 2 aliphatic heterocycles. The molecule has 1 saturated heterocycles. The van der Waals surface area contributed by atoms with Crippen LogP contribution in [0.5, 0.6) is 0 Å². The van der Waals surface area contributed by atoms with Crippen LogP contribution in [0.2, 0.25) is 0 Å². The summed E-state index contributed by atoms with van der Waals surface area (Å²) in [4.78, 5) is 9.65. The summed E-state index contributed by atoms with van der Waals surface area (Å²) in [6, 6.07) is 0. The molecule has 0 saturated carbocycles. The zero-order valence-corrected chi connectivity index (χ0v) is 12.3. The van der Waals surface area contributed by atoms with Crippen LogP contribution in [-0.4, -0.2) is 59.1 Å². The van der Waals surface area contributed by atoms with Gasteiger partial charge in [0.15, 0.2) is 0 Å². The monoisotopic (exact) mass is 262 g/mol. The van der Waals surface area contributed by atoms with E-state index < -0.39 is 0 Å². The first-order valence-corrected chi connectivity index (χ1v) is 7.66. The maximum absolute atomic E-state index is 4.66. The zero-order chi connectivity index (χ0) is 13.2. The minimum Gasteiger partial charge on any atom is -0.332 e. The van der Waals surface area contributed by atoms with Crippen LogP contribution < -0.4 is 0 Å². The molecule has 1 aromatic heterocycles. The van der Waals surface area contributed by atoms with E-state index in [1.54, 1.807) is 0 Å². The number of rotatable bonds is 3. The molecule has 0 radical (unpaired) electrons. The second-order valence-electron chi connectivity index (χ2n) is 6.31. The molecule has 4 heteroatoms. The van der Waals surface area contributed by atoms with Crippen molar-refractivity contribution < 1.29 is 0 Å². The molecule has 1 unspecified atom stereocenters. The van der Waals surface area contributed by atoms with Gasteiger partial charge in [-0.1, -0.05) is 6.92 Å². The number of hydrogen-bond donors (Lipinski definition) is 0. The van der Waals surface area contributed by atoms with Crippen molar-refractivity contribution in [3.8, 4) is 0 Å². The van der Waals surface area contributed by atoms with E-state index >= 15 is 0 Å². The Labute approximate surface area is 116 Å². The largest absolute Gasteiger partial charge is 0.332 e. The summed E-state index contributed by atoms with van der Waals surface area (Å²) in [6.45, 7) is 9.52. The Morgan fingerprint density at radius 2 is 2.00 bits per heavy atom. The van der Waals surface area contributed by atoms with E-state index in [4.69, 9.17) is 0 Å². The van der Waals surface area contributed by atoms with E-state index in [2.05, 4.69) is 39.5 Å². The number of hydrogen-bond acceptors (Lipinski definition) is 3. The first-order valence-electron chi connectivity index (χ1n) is 7.66. The van der Waals surface area contributed by atoms with E-state index in [-0.39, 0.29) is 0 Å². The Morgan fingerprint density at radius 3 is 2.79 bits per heavy atom. The van der Waals surface area contributed by atoms with Gasteiger partial charge in [-0.2, -0.15) is 0 Å². The van der Waals surface area contributed by atoms with Gasteiger partial charge in [-0.15, -0.1) is 0 Å². The van der Waals surface area contributed by atoms with Gasteiger partial charge in [-0.05, 0) is 25.8 Å². The van der Waals surface area contributed by atoms with Gasteiger partial charge in [-0.25, -0.2) is 4.98 Å². The third kappa shape index (κ3) is 3.00. The predicted octanol–water partition coefficient (Wildman–Crippen LogP) is 1.26. The summed E-state index contributed by atoms with van der Waals surface area (Å²) in [5, 5.41) is 0. The van der Waals surface area contributed by atoms with Crippen LogP contribution in [0.1, 0.15) is 24.9 Å². The van der Waals surface area contributed by atoms with Crippen LogP contribution in [0.3, 0.4) is 0 Å². The average molecular weight is 262 g/mol. The van der Waals surface area contributed by atoms with Gasteiger partial charge in [0.05, 0.1) is 0 Å². The Kier molecular flexibility index (Phi) is 3.89. The number of likely N-dealkylation sites (N-methyl/N-ethyl adjacent to an activating group) is 1. The Morgan fingerprint density at radius 1 is 1.21 bits per heavy atom. The summed E-state index contributed by atoms with van der Waals surface area (Å²) in [6.07, 6.45) is 5.74. The highest BCUT2D eigenvalue weighted by Gasteiger charge is 2.19. The van der Waals surface area contributed by atoms with Crippen molar-refractivity contribution in [2.75, 3.05) is 39.8 Å². The number of nitrogens with zero attached hydrogens (tertiary/aromatic N) is 4. The standard InChI is InChI=1S/C15H26N4/c1-13-3-6-19-14(11-13)12-16-15(19)4-5-18-9-7-17(2)8-10-18/h12-13H,3-11H2,1-2H3. The lowest BCUT2D eigenvalue weighted by Crippen LogP contribution is -2.45. The molecule has 1 fully saturated rings. The van der Waals surface area contributed by atoms with Gasteiger partial charge in [0.1, 0.15) is 5.82 Å². The quantitative estimate of drug-likeness (QED) is 0.819. The first-order chi connectivity index (χ1) is 9.22. The minimum absolute atomic E-state index is 0.828. The molecule has 1 aromatic rings. The number of imidazole rings is 1. The van der Waals surface area contributed by atoms with Gasteiger partial charge < -0.3 is 14.4 Å². The molecule has 2 aliphatic rings. The smallest absolute Gasteiger partial charge is 0.110 e. The van der Waals surface area contributed by atoms with Crippen molar-refractivity contribution in [3.05, 3.63) is 17.7 Å². The van der Waals surface area contributed by atoms with Crippen molar-refractivity contribution in [2.45, 2.75) is 32.7 Å². The Balaban J connectivity index is 1.56. The molecular weight excluding hydrogens is 236 g/mol. The van der Waals surface area contributed by atoms with E-state index in [0.29, 0.717) is 0 Å². The molecular formula is C15H26N4. The maximum Gasteiger partial charge on any atom is 0.110 e. The zero-order valence-electron chi connectivity index (χ0n) is 12.3. The average Bonchev–Trinajstić information content (AvgIpc) is 2.80. The predicted molar refractivity (Wildman–Crippen MR) is 77.4 cm³/mol. The van der Waals surface area contributed by atoms with Crippen molar-refractivity contribution in [1.29, 1.82) is 0 Å². The second kappa shape index (κ2) is 5.63. The molecule has 3 heterocycles. The molecule has 3 rings (SSSR count). The van der Waals surface area contributed by atoms with Crippen LogP contribution >= 0.6 is 0 Å². The highest BCUT2D eigenvalue weighted by Crippen LogP contribution is 2.21. The lowest BCUT2D eigenvalue weighted by atomic mass is 9.98. The number of piperazine rings is 1. The molecule has 19 heavy (non-hydrogen) atoms. The molecule has 0 aromatic carbocycles. The second-order valence-corrected chi connectivity index (χ2v) is 6.31. The molecule has 0 amide bonds. The van der Waals surface area contributed by atoms with Crippen LogP contribution in [0.25, 0.3) is 0 Å². The van der Waals surface area contributed by atoms with Gasteiger partial charge in [0.2, 0.25) is 0 Å². The van der Waals surface area contributed by atoms with Gasteiger partial charge in [0.25, 0.3) is 0 Å². The maximum atomic E-state index is 4.66. The van der Waals surface area contributed by atoms with E-state index in [1.165, 1.54) is 63.6 Å². The molecule has 106 valence electrons. The van der Waals surface area contributed by atoms with E-state index in [9.17, 15) is 0 Å². The molecule has 0 bridgehead atoms. The number of fused-ring (bicyclic) bond motifs is 1. The van der Waals surface area contributed by atoms with E-state index in [1.807, 2.05) is 0 Å². The molecule has 0 spiro atoms.